The molecule has 10 heteroatoms. The fraction of sp³-hybridized carbons (Fsp3) is 0.290. The third kappa shape index (κ3) is 4.25. The standard InChI is InChI=1S/C31H26Cl3N3O4/c32-19-15-13-18(14-16-19)27(39)36-35-24(38)12-2-1-7-17-37-28(40)25-26(29(37)41)31(34)21-9-4-3-8-20(21)30(25,33)22-10-5-6-11-23(22)31/h3-6,8-11,13-16,25-26H,1-2,7,12,17H2,(H,35,38)(H,36,39)/t25-,26-,30?,31?/m0/s1. The summed E-state index contributed by atoms with van der Waals surface area (Å²) < 4.78 is 0. The summed E-state index contributed by atoms with van der Waals surface area (Å²) in [6.45, 7) is 0.215. The lowest BCUT2D eigenvalue weighted by molar-refractivity contribution is -0.140. The molecule has 2 bridgehead atoms. The van der Waals surface area contributed by atoms with Crippen molar-refractivity contribution in [1.29, 1.82) is 0 Å². The molecule has 1 saturated heterocycles. The summed E-state index contributed by atoms with van der Waals surface area (Å²) in [5.41, 5.74) is 8.23. The fourth-order valence-electron chi connectivity index (χ4n) is 6.54. The molecule has 3 aliphatic carbocycles. The number of benzene rings is 3. The van der Waals surface area contributed by atoms with E-state index >= 15 is 0 Å². The third-order valence-corrected chi connectivity index (χ3v) is 9.92. The molecular weight excluding hydrogens is 585 g/mol. The molecule has 7 rings (SSSR count). The van der Waals surface area contributed by atoms with Crippen molar-refractivity contribution in [2.45, 2.75) is 35.4 Å². The minimum Gasteiger partial charge on any atom is -0.282 e. The van der Waals surface area contributed by atoms with Crippen molar-refractivity contribution in [3.05, 3.63) is 106 Å². The summed E-state index contributed by atoms with van der Waals surface area (Å²) >= 11 is 20.7. The van der Waals surface area contributed by atoms with E-state index in [1.54, 1.807) is 24.3 Å². The fourth-order valence-corrected chi connectivity index (χ4v) is 7.76. The molecule has 7 nitrogen and oxygen atoms in total. The number of amides is 4. The summed E-state index contributed by atoms with van der Waals surface area (Å²) in [6, 6.07) is 21.4. The Morgan fingerprint density at radius 1 is 0.707 bits per heavy atom. The molecular formula is C31H26Cl3N3O4. The average Bonchev–Trinajstić information content (AvgIpc) is 3.25. The van der Waals surface area contributed by atoms with Crippen molar-refractivity contribution in [3.8, 4) is 0 Å². The first-order valence-corrected chi connectivity index (χ1v) is 14.6. The quantitative estimate of drug-likeness (QED) is 0.165. The van der Waals surface area contributed by atoms with Crippen LogP contribution in [0.3, 0.4) is 0 Å². The average molecular weight is 611 g/mol. The number of rotatable bonds is 7. The van der Waals surface area contributed by atoms with E-state index in [1.807, 2.05) is 48.5 Å². The number of hydrazine groups is 1. The molecule has 3 aromatic rings. The van der Waals surface area contributed by atoms with Crippen LogP contribution in [0.1, 0.15) is 58.3 Å². The largest absolute Gasteiger partial charge is 0.282 e. The maximum atomic E-state index is 13.8. The van der Waals surface area contributed by atoms with Crippen LogP contribution in [0.5, 0.6) is 0 Å². The highest BCUT2D eigenvalue weighted by Gasteiger charge is 2.72. The molecule has 0 unspecified atom stereocenters. The summed E-state index contributed by atoms with van der Waals surface area (Å²) in [5, 5.41) is 0.508. The molecule has 3 aromatic carbocycles. The van der Waals surface area contributed by atoms with E-state index in [9.17, 15) is 19.2 Å². The number of alkyl halides is 2. The van der Waals surface area contributed by atoms with Gasteiger partial charge < -0.3 is 0 Å². The number of nitrogens with zero attached hydrogens (tertiary/aromatic N) is 1. The van der Waals surface area contributed by atoms with Gasteiger partial charge in [-0.25, -0.2) is 0 Å². The monoisotopic (exact) mass is 609 g/mol. The van der Waals surface area contributed by atoms with Gasteiger partial charge in [-0.1, -0.05) is 66.6 Å². The smallest absolute Gasteiger partial charge is 0.269 e. The van der Waals surface area contributed by atoms with Crippen molar-refractivity contribution in [1.82, 2.24) is 15.8 Å². The first-order valence-electron chi connectivity index (χ1n) is 13.5. The summed E-state index contributed by atoms with van der Waals surface area (Å²) in [6.07, 6.45) is 1.81. The molecule has 1 fully saturated rings. The minimum atomic E-state index is -1.19. The van der Waals surface area contributed by atoms with Crippen molar-refractivity contribution >= 4 is 58.4 Å². The second kappa shape index (κ2) is 10.5. The lowest BCUT2D eigenvalue weighted by atomic mass is 9.54. The zero-order valence-electron chi connectivity index (χ0n) is 21.8. The van der Waals surface area contributed by atoms with Gasteiger partial charge in [0.25, 0.3) is 5.91 Å². The van der Waals surface area contributed by atoms with Gasteiger partial charge in [0.15, 0.2) is 0 Å². The Morgan fingerprint density at radius 2 is 1.20 bits per heavy atom. The van der Waals surface area contributed by atoms with Crippen LogP contribution in [0.25, 0.3) is 0 Å². The molecule has 41 heavy (non-hydrogen) atoms. The number of halogens is 3. The Hall–Kier alpha value is -3.39. The van der Waals surface area contributed by atoms with E-state index in [2.05, 4.69) is 10.9 Å². The summed E-state index contributed by atoms with van der Waals surface area (Å²) in [5.74, 6) is -3.04. The minimum absolute atomic E-state index is 0.175. The van der Waals surface area contributed by atoms with E-state index in [-0.39, 0.29) is 30.7 Å². The molecule has 0 spiro atoms. The Bertz CT molecular complexity index is 1450. The topological polar surface area (TPSA) is 95.6 Å². The lowest BCUT2D eigenvalue weighted by Gasteiger charge is -2.54. The molecule has 1 aliphatic heterocycles. The zero-order chi connectivity index (χ0) is 28.9. The van der Waals surface area contributed by atoms with Gasteiger partial charge >= 0.3 is 0 Å². The van der Waals surface area contributed by atoms with E-state index in [4.69, 9.17) is 34.8 Å². The number of imide groups is 1. The molecule has 4 amide bonds. The Balaban J connectivity index is 1.08. The van der Waals surface area contributed by atoms with Gasteiger partial charge in [-0.05, 0) is 59.4 Å². The van der Waals surface area contributed by atoms with Crippen molar-refractivity contribution in [2.24, 2.45) is 11.8 Å². The molecule has 0 radical (unpaired) electrons. The van der Waals surface area contributed by atoms with Gasteiger partial charge in [0.05, 0.1) is 11.8 Å². The van der Waals surface area contributed by atoms with Crippen LogP contribution < -0.4 is 10.9 Å². The van der Waals surface area contributed by atoms with Gasteiger partial charge in [0.2, 0.25) is 17.7 Å². The molecule has 4 aliphatic rings. The SMILES string of the molecule is O=C(CCCCCN1C(=O)[C@@H]2[C@@H](C1=O)C1(Cl)c3ccccc3C2(Cl)c2ccccc21)NNC(=O)c1ccc(Cl)cc1. The number of carbonyl (C=O) groups excluding carboxylic acids is 4. The predicted molar refractivity (Wildman–Crippen MR) is 155 cm³/mol. The van der Waals surface area contributed by atoms with Gasteiger partial charge in [-0.15, -0.1) is 23.2 Å². The zero-order valence-corrected chi connectivity index (χ0v) is 24.1. The van der Waals surface area contributed by atoms with Crippen LogP contribution in [-0.4, -0.2) is 35.1 Å². The second-order valence-corrected chi connectivity index (χ2v) is 12.2. The van der Waals surface area contributed by atoms with Crippen LogP contribution in [-0.2, 0) is 24.1 Å². The van der Waals surface area contributed by atoms with Crippen LogP contribution in [0, 0.1) is 11.8 Å². The van der Waals surface area contributed by atoms with Crippen LogP contribution >= 0.6 is 34.8 Å². The Kier molecular flexibility index (Phi) is 7.09. The number of unbranched alkanes of at least 4 members (excludes halogenated alkanes) is 2. The van der Waals surface area contributed by atoms with E-state index < -0.39 is 27.5 Å². The maximum Gasteiger partial charge on any atom is 0.269 e. The highest BCUT2D eigenvalue weighted by atomic mass is 35.5. The summed E-state index contributed by atoms with van der Waals surface area (Å²) in [4.78, 5) is 50.9. The van der Waals surface area contributed by atoms with Gasteiger partial charge in [0.1, 0.15) is 9.75 Å². The number of hydrogen-bond donors (Lipinski definition) is 2. The molecule has 0 saturated carbocycles. The van der Waals surface area contributed by atoms with Gasteiger partial charge in [0, 0.05) is 23.6 Å². The van der Waals surface area contributed by atoms with Crippen LogP contribution in [0.15, 0.2) is 72.8 Å². The number of nitrogens with one attached hydrogen (secondary N) is 2. The third-order valence-electron chi connectivity index (χ3n) is 8.38. The molecule has 210 valence electrons. The highest BCUT2D eigenvalue weighted by Crippen LogP contribution is 2.69. The van der Waals surface area contributed by atoms with Crippen molar-refractivity contribution < 1.29 is 19.2 Å². The first kappa shape index (κ1) is 27.8. The van der Waals surface area contributed by atoms with E-state index in [0.29, 0.717) is 29.8 Å². The van der Waals surface area contributed by atoms with Gasteiger partial charge in [-0.3, -0.25) is 34.9 Å². The number of likely N-dealkylation sites (tertiary alicyclic amines) is 1. The van der Waals surface area contributed by atoms with E-state index in [0.717, 1.165) is 22.3 Å². The Labute approximate surface area is 252 Å². The Morgan fingerprint density at radius 3 is 1.68 bits per heavy atom. The normalized spacial score (nSPS) is 25.4. The number of hydrogen-bond acceptors (Lipinski definition) is 4. The predicted octanol–water partition coefficient (Wildman–Crippen LogP) is 5.25. The van der Waals surface area contributed by atoms with Crippen molar-refractivity contribution in [2.75, 3.05) is 6.54 Å². The van der Waals surface area contributed by atoms with Crippen LogP contribution in [0.2, 0.25) is 5.02 Å². The van der Waals surface area contributed by atoms with Crippen LogP contribution in [0.4, 0.5) is 0 Å². The number of carbonyl (C=O) groups is 4. The molecule has 2 atom stereocenters. The van der Waals surface area contributed by atoms with E-state index in [1.165, 1.54) is 4.90 Å². The second-order valence-electron chi connectivity index (χ2n) is 10.6. The summed E-state index contributed by atoms with van der Waals surface area (Å²) in [7, 11) is 0. The maximum absolute atomic E-state index is 13.8. The molecule has 1 heterocycles. The molecule has 0 aromatic heterocycles. The first-order chi connectivity index (χ1) is 19.7. The molecule has 2 N–H and O–H groups in total. The van der Waals surface area contributed by atoms with Gasteiger partial charge in [-0.2, -0.15) is 0 Å². The lowest BCUT2D eigenvalue weighted by Crippen LogP contribution is -2.57. The van der Waals surface area contributed by atoms with Crippen molar-refractivity contribution in [3.63, 3.8) is 0 Å². The highest BCUT2D eigenvalue weighted by molar-refractivity contribution is 6.36.